The molecule has 158 valence electrons. The number of rotatable bonds is 7. The van der Waals surface area contributed by atoms with Gasteiger partial charge in [-0.2, -0.15) is 0 Å². The smallest absolute Gasteiger partial charge is 0.347 e. The summed E-state index contributed by atoms with van der Waals surface area (Å²) < 4.78 is 7.73. The lowest BCUT2D eigenvalue weighted by Crippen LogP contribution is -2.40. The van der Waals surface area contributed by atoms with E-state index in [4.69, 9.17) is 4.74 Å². The van der Waals surface area contributed by atoms with Crippen LogP contribution in [0.5, 0.6) is 5.75 Å². The van der Waals surface area contributed by atoms with Crippen LogP contribution in [0.1, 0.15) is 11.6 Å². The van der Waals surface area contributed by atoms with E-state index in [0.29, 0.717) is 16.9 Å². The van der Waals surface area contributed by atoms with E-state index in [1.165, 1.54) is 6.33 Å². The molecular weight excluding hydrogens is 406 g/mol. The molecule has 2 atom stereocenters. The summed E-state index contributed by atoms with van der Waals surface area (Å²) in [6, 6.07) is 21.9. The average Bonchev–Trinajstić information content (AvgIpc) is 3.24. The van der Waals surface area contributed by atoms with Gasteiger partial charge in [0.05, 0.1) is 6.20 Å². The number of carboxylic acids is 1. The molecule has 5 rings (SSSR count). The molecule has 2 aromatic heterocycles. The van der Waals surface area contributed by atoms with E-state index in [9.17, 15) is 9.90 Å². The number of aliphatic carboxylic acids is 1. The highest BCUT2D eigenvalue weighted by Gasteiger charge is 2.33. The van der Waals surface area contributed by atoms with E-state index in [-0.39, 0.29) is 0 Å². The van der Waals surface area contributed by atoms with Crippen molar-refractivity contribution < 1.29 is 14.6 Å². The summed E-state index contributed by atoms with van der Waals surface area (Å²) in [7, 11) is 0. The molecule has 0 aliphatic carbocycles. The number of nitrogens with one attached hydrogen (secondary N) is 1. The summed E-state index contributed by atoms with van der Waals surface area (Å²) in [5.74, 6) is -0.602. The molecule has 0 bridgehead atoms. The quantitative estimate of drug-likeness (QED) is 0.409. The number of imidazole rings is 1. The van der Waals surface area contributed by atoms with Crippen LogP contribution in [0, 0.1) is 0 Å². The predicted octanol–water partition coefficient (Wildman–Crippen LogP) is 3.80. The summed E-state index contributed by atoms with van der Waals surface area (Å²) in [6.07, 6.45) is 3.33. The lowest BCUT2D eigenvalue weighted by Gasteiger charge is -2.27. The van der Waals surface area contributed by atoms with Crippen molar-refractivity contribution in [1.29, 1.82) is 0 Å². The largest absolute Gasteiger partial charge is 0.478 e. The Balaban J connectivity index is 1.57. The van der Waals surface area contributed by atoms with Crippen molar-refractivity contribution in [3.63, 3.8) is 0 Å². The van der Waals surface area contributed by atoms with Gasteiger partial charge in [0.25, 0.3) is 0 Å². The van der Waals surface area contributed by atoms with Crippen LogP contribution < -0.4 is 10.2 Å². The van der Waals surface area contributed by atoms with Gasteiger partial charge in [0.15, 0.2) is 5.65 Å². The molecule has 0 spiro atoms. The molecule has 2 N–H and O–H groups in total. The lowest BCUT2D eigenvalue weighted by atomic mass is 10.0. The second-order valence-electron chi connectivity index (χ2n) is 7.22. The van der Waals surface area contributed by atoms with E-state index in [0.717, 1.165) is 16.3 Å². The van der Waals surface area contributed by atoms with Crippen LogP contribution in [0.4, 0.5) is 0 Å². The summed E-state index contributed by atoms with van der Waals surface area (Å²) in [5, 5.41) is 12.0. The van der Waals surface area contributed by atoms with Gasteiger partial charge in [-0.25, -0.2) is 24.4 Å². The number of benzene rings is 3. The monoisotopic (exact) mass is 425 g/mol. The zero-order valence-electron chi connectivity index (χ0n) is 16.9. The second-order valence-corrected chi connectivity index (χ2v) is 7.22. The molecule has 0 radical (unpaired) electrons. The summed E-state index contributed by atoms with van der Waals surface area (Å²) in [6.45, 7) is 0. The average molecular weight is 425 g/mol. The van der Waals surface area contributed by atoms with Crippen molar-refractivity contribution in [3.05, 3.63) is 97.2 Å². The van der Waals surface area contributed by atoms with Gasteiger partial charge in [0, 0.05) is 5.39 Å². The van der Waals surface area contributed by atoms with Crippen molar-refractivity contribution in [2.24, 2.45) is 0 Å². The van der Waals surface area contributed by atoms with Crippen LogP contribution in [-0.2, 0) is 4.79 Å². The third-order valence-corrected chi connectivity index (χ3v) is 5.20. The van der Waals surface area contributed by atoms with Gasteiger partial charge in [-0.3, -0.25) is 0 Å². The minimum Gasteiger partial charge on any atom is -0.478 e. The highest BCUT2D eigenvalue weighted by molar-refractivity contribution is 5.88. The molecule has 0 amide bonds. The zero-order chi connectivity index (χ0) is 21.9. The second kappa shape index (κ2) is 8.35. The van der Waals surface area contributed by atoms with Gasteiger partial charge in [-0.05, 0) is 17.0 Å². The van der Waals surface area contributed by atoms with Crippen molar-refractivity contribution in [3.8, 4) is 5.75 Å². The van der Waals surface area contributed by atoms with Crippen molar-refractivity contribution in [2.45, 2.75) is 12.1 Å². The third-order valence-electron chi connectivity index (χ3n) is 5.20. The van der Waals surface area contributed by atoms with E-state index in [1.54, 1.807) is 23.3 Å². The molecule has 3 aromatic carbocycles. The van der Waals surface area contributed by atoms with Crippen LogP contribution in [0.3, 0.4) is 0 Å². The van der Waals surface area contributed by atoms with Gasteiger partial charge >= 0.3 is 5.97 Å². The van der Waals surface area contributed by atoms with Crippen LogP contribution in [-0.4, -0.2) is 36.8 Å². The first-order chi connectivity index (χ1) is 15.7. The molecule has 5 aromatic rings. The van der Waals surface area contributed by atoms with Gasteiger partial charge in [-0.1, -0.05) is 66.7 Å². The topological polar surface area (TPSA) is 102 Å². The standard InChI is InChI=1S/C24H19N5O3/c30-24(31)22(32-20-12-6-10-16-7-4-5-11-18(16)20)21(17-8-2-1-3-9-17)28-29-15-27-19-13-25-14-26-23(19)29/h1-15,21-22,28H,(H,30,31). The molecule has 0 aliphatic rings. The van der Waals surface area contributed by atoms with Crippen molar-refractivity contribution >= 4 is 27.9 Å². The van der Waals surface area contributed by atoms with Gasteiger partial charge in [0.2, 0.25) is 6.10 Å². The Hall–Kier alpha value is -4.46. The van der Waals surface area contributed by atoms with Crippen molar-refractivity contribution in [2.75, 3.05) is 5.43 Å². The Labute approximate surface area is 183 Å². The summed E-state index contributed by atoms with van der Waals surface area (Å²) >= 11 is 0. The molecule has 0 saturated heterocycles. The van der Waals surface area contributed by atoms with E-state index in [2.05, 4.69) is 20.4 Å². The maximum atomic E-state index is 12.4. The van der Waals surface area contributed by atoms with Crippen LogP contribution in [0.2, 0.25) is 0 Å². The van der Waals surface area contributed by atoms with Crippen LogP contribution >= 0.6 is 0 Å². The number of hydrogen-bond donors (Lipinski definition) is 2. The fourth-order valence-electron chi connectivity index (χ4n) is 3.69. The minimum atomic E-state index is -1.23. The Kier molecular flexibility index (Phi) is 5.09. The summed E-state index contributed by atoms with van der Waals surface area (Å²) in [4.78, 5) is 24.9. The van der Waals surface area contributed by atoms with Crippen molar-refractivity contribution in [1.82, 2.24) is 19.6 Å². The van der Waals surface area contributed by atoms with Crippen LogP contribution in [0.15, 0.2) is 91.6 Å². The number of hydrogen-bond acceptors (Lipinski definition) is 6. The van der Waals surface area contributed by atoms with Gasteiger partial charge in [-0.15, -0.1) is 0 Å². The number of ether oxygens (including phenoxy) is 1. The number of fused-ring (bicyclic) bond motifs is 2. The highest BCUT2D eigenvalue weighted by atomic mass is 16.5. The maximum absolute atomic E-state index is 12.4. The van der Waals surface area contributed by atoms with Gasteiger partial charge < -0.3 is 15.3 Å². The molecule has 2 heterocycles. The molecular formula is C24H19N5O3. The molecule has 32 heavy (non-hydrogen) atoms. The third kappa shape index (κ3) is 3.69. The lowest BCUT2D eigenvalue weighted by molar-refractivity contribution is -0.146. The fraction of sp³-hybridized carbons (Fsp3) is 0.0833. The Morgan fingerprint density at radius 1 is 0.969 bits per heavy atom. The predicted molar refractivity (Wildman–Crippen MR) is 120 cm³/mol. The minimum absolute atomic E-state index is 0.496. The number of aromatic nitrogens is 4. The summed E-state index contributed by atoms with van der Waals surface area (Å²) in [5.41, 5.74) is 5.10. The molecule has 8 nitrogen and oxygen atoms in total. The molecule has 8 heteroatoms. The Morgan fingerprint density at radius 2 is 1.75 bits per heavy atom. The highest BCUT2D eigenvalue weighted by Crippen LogP contribution is 2.30. The van der Waals surface area contributed by atoms with Crippen LogP contribution in [0.25, 0.3) is 21.9 Å². The number of carboxylic acid groups (broad SMARTS) is 1. The fourth-order valence-corrected chi connectivity index (χ4v) is 3.69. The Morgan fingerprint density at radius 3 is 2.59 bits per heavy atom. The first kappa shape index (κ1) is 19.5. The molecule has 0 fully saturated rings. The SMILES string of the molecule is O=C(O)C(Oc1cccc2ccccc12)C(Nn1cnc2cncnc21)c1ccccc1. The Bertz CT molecular complexity index is 1380. The van der Waals surface area contributed by atoms with E-state index in [1.807, 2.05) is 66.7 Å². The van der Waals surface area contributed by atoms with E-state index >= 15 is 0 Å². The van der Waals surface area contributed by atoms with Gasteiger partial charge in [0.1, 0.15) is 30.0 Å². The molecule has 2 unspecified atom stereocenters. The first-order valence-corrected chi connectivity index (χ1v) is 10.0. The normalized spacial score (nSPS) is 13.0. The molecule has 0 aliphatic heterocycles. The number of nitrogens with zero attached hydrogens (tertiary/aromatic N) is 4. The zero-order valence-corrected chi connectivity index (χ0v) is 16.9. The first-order valence-electron chi connectivity index (χ1n) is 10.0. The van der Waals surface area contributed by atoms with E-state index < -0.39 is 18.1 Å². The maximum Gasteiger partial charge on any atom is 0.347 e. The number of carbonyl (C=O) groups is 1. The molecule has 0 saturated carbocycles.